The van der Waals surface area contributed by atoms with Crippen LogP contribution < -0.4 is 0 Å². The molecule has 0 saturated carbocycles. The molecule has 1 N–H and O–H groups in total. The largest absolute Gasteiger partial charge is 0.481 e. The third-order valence-corrected chi connectivity index (χ3v) is 3.14. The van der Waals surface area contributed by atoms with Crippen LogP contribution in [0.2, 0.25) is 0 Å². The van der Waals surface area contributed by atoms with Gasteiger partial charge in [-0.1, -0.05) is 0 Å². The summed E-state index contributed by atoms with van der Waals surface area (Å²) in [6, 6.07) is 0. The molecule has 0 radical (unpaired) electrons. The van der Waals surface area contributed by atoms with E-state index in [0.717, 1.165) is 19.4 Å². The molecule has 0 aromatic rings. The van der Waals surface area contributed by atoms with E-state index < -0.39 is 5.97 Å². The Kier molecular flexibility index (Phi) is 3.93. The summed E-state index contributed by atoms with van der Waals surface area (Å²) < 4.78 is 0. The Morgan fingerprint density at radius 3 is 2.64 bits per heavy atom. The van der Waals surface area contributed by atoms with Crippen molar-refractivity contribution in [3.63, 3.8) is 0 Å². The minimum atomic E-state index is -0.675. The van der Waals surface area contributed by atoms with Crippen LogP contribution in [0, 0.1) is 0 Å². The lowest BCUT2D eigenvalue weighted by molar-refractivity contribution is -0.137. The number of hydrogen-bond donors (Lipinski definition) is 1. The van der Waals surface area contributed by atoms with Crippen LogP contribution in [-0.4, -0.2) is 34.6 Å². The van der Waals surface area contributed by atoms with Gasteiger partial charge in [0.1, 0.15) is 0 Å². The average molecular weight is 199 g/mol. The molecule has 0 unspecified atom stereocenters. The van der Waals surface area contributed by atoms with Gasteiger partial charge in [0.25, 0.3) is 0 Å². The SMILES string of the molecule is CC1(C)CCCN1CCCCC(=O)O. The average Bonchev–Trinajstić information content (AvgIpc) is 2.39. The van der Waals surface area contributed by atoms with Gasteiger partial charge in [-0.05, 0) is 52.6 Å². The van der Waals surface area contributed by atoms with Crippen LogP contribution in [0.15, 0.2) is 0 Å². The minimum Gasteiger partial charge on any atom is -0.481 e. The molecule has 0 aromatic heterocycles. The smallest absolute Gasteiger partial charge is 0.303 e. The molecule has 1 aliphatic heterocycles. The van der Waals surface area contributed by atoms with Crippen LogP contribution in [0.1, 0.15) is 46.0 Å². The second-order valence-electron chi connectivity index (χ2n) is 4.75. The van der Waals surface area contributed by atoms with Gasteiger partial charge in [-0.15, -0.1) is 0 Å². The van der Waals surface area contributed by atoms with E-state index in [1.165, 1.54) is 19.4 Å². The molecule has 0 bridgehead atoms. The predicted octanol–water partition coefficient (Wildman–Crippen LogP) is 2.12. The van der Waals surface area contributed by atoms with Crippen LogP contribution >= 0.6 is 0 Å². The Morgan fingerprint density at radius 2 is 2.14 bits per heavy atom. The topological polar surface area (TPSA) is 40.5 Å². The monoisotopic (exact) mass is 199 g/mol. The van der Waals surface area contributed by atoms with Crippen LogP contribution in [-0.2, 0) is 4.79 Å². The highest BCUT2D eigenvalue weighted by molar-refractivity contribution is 5.66. The molecule has 0 amide bonds. The van der Waals surface area contributed by atoms with E-state index >= 15 is 0 Å². The first-order valence-electron chi connectivity index (χ1n) is 5.49. The van der Waals surface area contributed by atoms with Crippen LogP contribution in [0.4, 0.5) is 0 Å². The van der Waals surface area contributed by atoms with Gasteiger partial charge >= 0.3 is 5.97 Å². The van der Waals surface area contributed by atoms with E-state index in [0.29, 0.717) is 12.0 Å². The highest BCUT2D eigenvalue weighted by atomic mass is 16.4. The molecule has 0 aromatic carbocycles. The van der Waals surface area contributed by atoms with Gasteiger partial charge in [0.2, 0.25) is 0 Å². The van der Waals surface area contributed by atoms with Crippen molar-refractivity contribution in [2.45, 2.75) is 51.5 Å². The number of aliphatic carboxylic acids is 1. The Hall–Kier alpha value is -0.570. The third-order valence-electron chi connectivity index (χ3n) is 3.14. The standard InChI is InChI=1S/C11H21NO2/c1-11(2)7-5-9-12(11)8-4-3-6-10(13)14/h3-9H2,1-2H3,(H,13,14). The van der Waals surface area contributed by atoms with E-state index in [9.17, 15) is 4.79 Å². The summed E-state index contributed by atoms with van der Waals surface area (Å²) in [6.45, 7) is 6.79. The molecule has 0 atom stereocenters. The van der Waals surface area contributed by atoms with Crippen molar-refractivity contribution in [1.82, 2.24) is 4.90 Å². The van der Waals surface area contributed by atoms with E-state index in [1.54, 1.807) is 0 Å². The molecule has 3 heteroatoms. The summed E-state index contributed by atoms with van der Waals surface area (Å²) in [4.78, 5) is 12.8. The molecule has 1 fully saturated rings. The zero-order chi connectivity index (χ0) is 10.6. The Labute approximate surface area is 86.1 Å². The van der Waals surface area contributed by atoms with Crippen molar-refractivity contribution >= 4 is 5.97 Å². The van der Waals surface area contributed by atoms with Crippen molar-refractivity contribution in [2.24, 2.45) is 0 Å². The maximum atomic E-state index is 10.3. The summed E-state index contributed by atoms with van der Waals surface area (Å²) in [5, 5.41) is 8.49. The second-order valence-corrected chi connectivity index (χ2v) is 4.75. The summed E-state index contributed by atoms with van der Waals surface area (Å²) in [5.41, 5.74) is 0.337. The zero-order valence-electron chi connectivity index (χ0n) is 9.25. The first kappa shape index (κ1) is 11.5. The van der Waals surface area contributed by atoms with Crippen molar-refractivity contribution in [1.29, 1.82) is 0 Å². The quantitative estimate of drug-likeness (QED) is 0.689. The molecule has 0 spiro atoms. The molecular weight excluding hydrogens is 178 g/mol. The van der Waals surface area contributed by atoms with Gasteiger partial charge in [0.05, 0.1) is 0 Å². The summed E-state index contributed by atoms with van der Waals surface area (Å²) in [6.07, 6.45) is 4.68. The molecule has 82 valence electrons. The Bertz CT molecular complexity index is 201. The third kappa shape index (κ3) is 3.29. The molecule has 1 aliphatic rings. The number of likely N-dealkylation sites (tertiary alicyclic amines) is 1. The fourth-order valence-corrected chi connectivity index (χ4v) is 2.16. The number of hydrogen-bond acceptors (Lipinski definition) is 2. The first-order valence-corrected chi connectivity index (χ1v) is 5.49. The molecule has 0 aliphatic carbocycles. The minimum absolute atomic E-state index is 0.314. The predicted molar refractivity (Wildman–Crippen MR) is 56.4 cm³/mol. The zero-order valence-corrected chi connectivity index (χ0v) is 9.25. The number of rotatable bonds is 5. The van der Waals surface area contributed by atoms with Gasteiger partial charge in [0.15, 0.2) is 0 Å². The maximum absolute atomic E-state index is 10.3. The number of carboxylic acids is 1. The lowest BCUT2D eigenvalue weighted by Gasteiger charge is -2.31. The normalized spacial score (nSPS) is 21.3. The van der Waals surface area contributed by atoms with Crippen LogP contribution in [0.3, 0.4) is 0 Å². The summed E-state index contributed by atoms with van der Waals surface area (Å²) >= 11 is 0. The highest BCUT2D eigenvalue weighted by Crippen LogP contribution is 2.28. The maximum Gasteiger partial charge on any atom is 0.303 e. The number of nitrogens with zero attached hydrogens (tertiary/aromatic N) is 1. The lowest BCUT2D eigenvalue weighted by Crippen LogP contribution is -2.38. The number of carboxylic acid groups (broad SMARTS) is 1. The molecular formula is C11H21NO2. The van der Waals surface area contributed by atoms with Gasteiger partial charge in [-0.3, -0.25) is 9.69 Å². The van der Waals surface area contributed by atoms with Crippen molar-refractivity contribution in [3.8, 4) is 0 Å². The van der Waals surface area contributed by atoms with E-state index in [2.05, 4.69) is 18.7 Å². The van der Waals surface area contributed by atoms with E-state index in [4.69, 9.17) is 5.11 Å². The molecule has 3 nitrogen and oxygen atoms in total. The number of unbranched alkanes of at least 4 members (excludes halogenated alkanes) is 1. The first-order chi connectivity index (χ1) is 6.52. The van der Waals surface area contributed by atoms with Gasteiger partial charge < -0.3 is 5.11 Å². The Balaban J connectivity index is 2.15. The van der Waals surface area contributed by atoms with Gasteiger partial charge in [-0.25, -0.2) is 0 Å². The van der Waals surface area contributed by atoms with Crippen molar-refractivity contribution < 1.29 is 9.90 Å². The molecule has 1 heterocycles. The summed E-state index contributed by atoms with van der Waals surface area (Å²) in [7, 11) is 0. The fourth-order valence-electron chi connectivity index (χ4n) is 2.16. The highest BCUT2D eigenvalue weighted by Gasteiger charge is 2.30. The second kappa shape index (κ2) is 4.78. The molecule has 1 saturated heterocycles. The van der Waals surface area contributed by atoms with E-state index in [-0.39, 0.29) is 0 Å². The molecule has 1 rings (SSSR count). The van der Waals surface area contributed by atoms with Gasteiger partial charge in [0, 0.05) is 12.0 Å². The van der Waals surface area contributed by atoms with E-state index in [1.807, 2.05) is 0 Å². The van der Waals surface area contributed by atoms with Crippen molar-refractivity contribution in [2.75, 3.05) is 13.1 Å². The number of carbonyl (C=O) groups is 1. The van der Waals surface area contributed by atoms with Crippen LogP contribution in [0.5, 0.6) is 0 Å². The fraction of sp³-hybridized carbons (Fsp3) is 0.909. The lowest BCUT2D eigenvalue weighted by atomic mass is 10.0. The van der Waals surface area contributed by atoms with Crippen LogP contribution in [0.25, 0.3) is 0 Å². The molecule has 14 heavy (non-hydrogen) atoms. The van der Waals surface area contributed by atoms with Crippen molar-refractivity contribution in [3.05, 3.63) is 0 Å². The van der Waals surface area contributed by atoms with Gasteiger partial charge in [-0.2, -0.15) is 0 Å². The summed E-state index contributed by atoms with van der Waals surface area (Å²) in [5.74, 6) is -0.675. The Morgan fingerprint density at radius 1 is 1.43 bits per heavy atom.